The summed E-state index contributed by atoms with van der Waals surface area (Å²) >= 11 is 0. The molecule has 3 heteroatoms. The van der Waals surface area contributed by atoms with Crippen LogP contribution in [-0.4, -0.2) is 11.9 Å². The highest BCUT2D eigenvalue weighted by atomic mass is 16.2. The summed E-state index contributed by atoms with van der Waals surface area (Å²) in [7, 11) is 0. The van der Waals surface area contributed by atoms with Crippen LogP contribution in [0.2, 0.25) is 0 Å². The van der Waals surface area contributed by atoms with Gasteiger partial charge in [0.05, 0.1) is 6.04 Å². The molecule has 3 nitrogen and oxygen atoms in total. The predicted molar refractivity (Wildman–Crippen MR) is 56.1 cm³/mol. The first-order valence-electron chi connectivity index (χ1n) is 4.80. The molecule has 0 aromatic heterocycles. The topological polar surface area (TPSA) is 41.1 Å². The largest absolute Gasteiger partial charge is 0.324 e. The van der Waals surface area contributed by atoms with Crippen LogP contribution >= 0.6 is 0 Å². The van der Waals surface area contributed by atoms with Crippen LogP contribution in [0.4, 0.5) is 5.69 Å². The minimum atomic E-state index is -0.122. The van der Waals surface area contributed by atoms with Gasteiger partial charge >= 0.3 is 0 Å². The summed E-state index contributed by atoms with van der Waals surface area (Å²) in [6.07, 6.45) is 0. The van der Waals surface area contributed by atoms with Crippen LogP contribution in [-0.2, 0) is 11.3 Å². The summed E-state index contributed by atoms with van der Waals surface area (Å²) in [6.45, 7) is 4.64. The van der Waals surface area contributed by atoms with Gasteiger partial charge in [-0.25, -0.2) is 0 Å². The highest BCUT2D eigenvalue weighted by Crippen LogP contribution is 2.19. The molecule has 0 fully saturated rings. The zero-order chi connectivity index (χ0) is 10.1. The molecular formula is C11H14N2O. The Bertz CT molecular complexity index is 374. The van der Waals surface area contributed by atoms with Crippen LogP contribution in [0, 0.1) is 6.92 Å². The Kier molecular flexibility index (Phi) is 2.25. The Labute approximate surface area is 83.5 Å². The van der Waals surface area contributed by atoms with Crippen molar-refractivity contribution in [2.24, 2.45) is 0 Å². The van der Waals surface area contributed by atoms with Gasteiger partial charge < -0.3 is 10.6 Å². The number of fused-ring (bicyclic) bond motifs is 1. The van der Waals surface area contributed by atoms with Gasteiger partial charge in [0, 0.05) is 12.2 Å². The van der Waals surface area contributed by atoms with Crippen molar-refractivity contribution in [3.63, 3.8) is 0 Å². The third kappa shape index (κ3) is 1.63. The standard InChI is InChI=1S/C11H14N2O/c1-7-3-4-9-6-12-8(2)11(14)13-10(9)5-7/h3-5,8,12H,6H2,1-2H3,(H,13,14). The van der Waals surface area contributed by atoms with Crippen molar-refractivity contribution in [2.45, 2.75) is 26.4 Å². The van der Waals surface area contributed by atoms with E-state index in [2.05, 4.69) is 22.8 Å². The molecule has 1 aliphatic rings. The van der Waals surface area contributed by atoms with Crippen molar-refractivity contribution in [2.75, 3.05) is 5.32 Å². The van der Waals surface area contributed by atoms with Crippen LogP contribution < -0.4 is 10.6 Å². The molecule has 1 amide bonds. The summed E-state index contributed by atoms with van der Waals surface area (Å²) in [6, 6.07) is 5.99. The summed E-state index contributed by atoms with van der Waals surface area (Å²) in [5.74, 6) is 0.0364. The molecule has 1 aromatic rings. The number of anilines is 1. The van der Waals surface area contributed by atoms with E-state index >= 15 is 0 Å². The molecule has 0 radical (unpaired) electrons. The van der Waals surface area contributed by atoms with Gasteiger partial charge in [-0.05, 0) is 31.0 Å². The van der Waals surface area contributed by atoms with E-state index in [4.69, 9.17) is 0 Å². The highest BCUT2D eigenvalue weighted by Gasteiger charge is 2.18. The lowest BCUT2D eigenvalue weighted by Gasteiger charge is -2.07. The molecule has 1 atom stereocenters. The smallest absolute Gasteiger partial charge is 0.241 e. The molecule has 0 saturated heterocycles. The van der Waals surface area contributed by atoms with Crippen LogP contribution in [0.3, 0.4) is 0 Å². The molecular weight excluding hydrogens is 176 g/mol. The molecule has 2 rings (SSSR count). The van der Waals surface area contributed by atoms with Gasteiger partial charge in [-0.2, -0.15) is 0 Å². The monoisotopic (exact) mass is 190 g/mol. The van der Waals surface area contributed by atoms with Crippen molar-refractivity contribution in [3.05, 3.63) is 29.3 Å². The molecule has 0 spiro atoms. The molecule has 0 bridgehead atoms. The van der Waals surface area contributed by atoms with Crippen molar-refractivity contribution < 1.29 is 4.79 Å². The normalized spacial score (nSPS) is 21.0. The third-order valence-electron chi connectivity index (χ3n) is 2.52. The number of carbonyl (C=O) groups excluding carboxylic acids is 1. The number of rotatable bonds is 0. The maximum Gasteiger partial charge on any atom is 0.241 e. The summed E-state index contributed by atoms with van der Waals surface area (Å²) < 4.78 is 0. The first kappa shape index (κ1) is 9.21. The predicted octanol–water partition coefficient (Wildman–Crippen LogP) is 1.43. The van der Waals surface area contributed by atoms with E-state index in [0.717, 1.165) is 17.8 Å². The van der Waals surface area contributed by atoms with Crippen LogP contribution in [0.15, 0.2) is 18.2 Å². The van der Waals surface area contributed by atoms with Gasteiger partial charge in [-0.15, -0.1) is 0 Å². The van der Waals surface area contributed by atoms with Crippen molar-refractivity contribution >= 4 is 11.6 Å². The summed E-state index contributed by atoms with van der Waals surface area (Å²) in [5, 5.41) is 6.07. The zero-order valence-electron chi connectivity index (χ0n) is 8.42. The molecule has 74 valence electrons. The zero-order valence-corrected chi connectivity index (χ0v) is 8.42. The van der Waals surface area contributed by atoms with Gasteiger partial charge in [-0.1, -0.05) is 12.1 Å². The fraction of sp³-hybridized carbons (Fsp3) is 0.364. The van der Waals surface area contributed by atoms with E-state index in [0.29, 0.717) is 0 Å². The first-order chi connectivity index (χ1) is 6.66. The van der Waals surface area contributed by atoms with Crippen LogP contribution in [0.1, 0.15) is 18.1 Å². The van der Waals surface area contributed by atoms with Crippen molar-refractivity contribution in [1.82, 2.24) is 5.32 Å². The number of hydrogen-bond donors (Lipinski definition) is 2. The number of hydrogen-bond acceptors (Lipinski definition) is 2. The highest BCUT2D eigenvalue weighted by molar-refractivity contribution is 5.96. The molecule has 0 saturated carbocycles. The van der Waals surface area contributed by atoms with E-state index in [-0.39, 0.29) is 11.9 Å². The Hall–Kier alpha value is -1.35. The minimum Gasteiger partial charge on any atom is -0.324 e. The van der Waals surface area contributed by atoms with Gasteiger partial charge in [0.2, 0.25) is 5.91 Å². The van der Waals surface area contributed by atoms with Crippen LogP contribution in [0.5, 0.6) is 0 Å². The van der Waals surface area contributed by atoms with Crippen molar-refractivity contribution in [3.8, 4) is 0 Å². The van der Waals surface area contributed by atoms with Crippen molar-refractivity contribution in [1.29, 1.82) is 0 Å². The first-order valence-corrected chi connectivity index (χ1v) is 4.80. The van der Waals surface area contributed by atoms with Crippen LogP contribution in [0.25, 0.3) is 0 Å². The van der Waals surface area contributed by atoms with E-state index in [1.54, 1.807) is 0 Å². The number of carbonyl (C=O) groups is 1. The van der Waals surface area contributed by atoms with E-state index < -0.39 is 0 Å². The van der Waals surface area contributed by atoms with Gasteiger partial charge in [0.15, 0.2) is 0 Å². The fourth-order valence-corrected chi connectivity index (χ4v) is 1.56. The number of benzene rings is 1. The molecule has 1 aliphatic heterocycles. The molecule has 1 unspecified atom stereocenters. The lowest BCUT2D eigenvalue weighted by atomic mass is 10.1. The minimum absolute atomic E-state index is 0.0364. The number of aryl methyl sites for hydroxylation is 1. The third-order valence-corrected chi connectivity index (χ3v) is 2.52. The number of nitrogens with one attached hydrogen (secondary N) is 2. The second-order valence-electron chi connectivity index (χ2n) is 3.75. The molecule has 1 heterocycles. The second-order valence-corrected chi connectivity index (χ2v) is 3.75. The van der Waals surface area contributed by atoms with Gasteiger partial charge in [0.1, 0.15) is 0 Å². The lowest BCUT2D eigenvalue weighted by molar-refractivity contribution is -0.117. The van der Waals surface area contributed by atoms with E-state index in [9.17, 15) is 4.79 Å². The lowest BCUT2D eigenvalue weighted by Crippen LogP contribution is -2.34. The fourth-order valence-electron chi connectivity index (χ4n) is 1.56. The molecule has 0 aliphatic carbocycles. The average molecular weight is 190 g/mol. The molecule has 1 aromatic carbocycles. The van der Waals surface area contributed by atoms with E-state index in [1.165, 1.54) is 5.56 Å². The Balaban J connectivity index is 2.38. The maximum atomic E-state index is 11.5. The van der Waals surface area contributed by atoms with E-state index in [1.807, 2.05) is 19.9 Å². The summed E-state index contributed by atoms with van der Waals surface area (Å²) in [5.41, 5.74) is 3.25. The van der Waals surface area contributed by atoms with Gasteiger partial charge in [-0.3, -0.25) is 4.79 Å². The SMILES string of the molecule is Cc1ccc2c(c1)NC(=O)C(C)NC2. The summed E-state index contributed by atoms with van der Waals surface area (Å²) in [4.78, 5) is 11.5. The molecule has 14 heavy (non-hydrogen) atoms. The quantitative estimate of drug-likeness (QED) is 0.649. The Morgan fingerprint density at radius 2 is 2.21 bits per heavy atom. The number of amides is 1. The molecule has 2 N–H and O–H groups in total. The Morgan fingerprint density at radius 3 is 3.00 bits per heavy atom. The Morgan fingerprint density at radius 1 is 1.43 bits per heavy atom. The average Bonchev–Trinajstić information content (AvgIpc) is 2.27. The second kappa shape index (κ2) is 3.42. The van der Waals surface area contributed by atoms with Gasteiger partial charge in [0.25, 0.3) is 0 Å². The maximum absolute atomic E-state index is 11.5.